The Balaban J connectivity index is 1.73. The predicted molar refractivity (Wildman–Crippen MR) is 89.7 cm³/mol. The first-order valence-electron chi connectivity index (χ1n) is 8.77. The van der Waals surface area contributed by atoms with Gasteiger partial charge in [-0.2, -0.15) is 13.2 Å². The molecule has 0 amide bonds. The van der Waals surface area contributed by atoms with Crippen LogP contribution in [0.15, 0.2) is 24.3 Å². The molecule has 3 unspecified atom stereocenters. The molecule has 134 valence electrons. The number of anilines is 1. The van der Waals surface area contributed by atoms with Crippen LogP contribution < -0.4 is 16.4 Å². The summed E-state index contributed by atoms with van der Waals surface area (Å²) < 4.78 is 38.1. The van der Waals surface area contributed by atoms with E-state index in [9.17, 15) is 13.2 Å². The van der Waals surface area contributed by atoms with Crippen LogP contribution in [0.3, 0.4) is 0 Å². The van der Waals surface area contributed by atoms with Crippen molar-refractivity contribution in [2.45, 2.75) is 56.3 Å². The molecule has 3 atom stereocenters. The van der Waals surface area contributed by atoms with Gasteiger partial charge in [-0.3, -0.25) is 0 Å². The first-order chi connectivity index (χ1) is 11.3. The van der Waals surface area contributed by atoms with Gasteiger partial charge in [0, 0.05) is 30.4 Å². The highest BCUT2D eigenvalue weighted by molar-refractivity contribution is 5.48. The van der Waals surface area contributed by atoms with Gasteiger partial charge in [-0.1, -0.05) is 12.8 Å². The van der Waals surface area contributed by atoms with Crippen molar-refractivity contribution in [2.75, 3.05) is 18.0 Å². The molecule has 2 fully saturated rings. The van der Waals surface area contributed by atoms with E-state index in [0.29, 0.717) is 5.92 Å². The largest absolute Gasteiger partial charge is 0.416 e. The molecule has 3 rings (SSSR count). The Labute approximate surface area is 141 Å². The first kappa shape index (κ1) is 17.5. The van der Waals surface area contributed by atoms with Crippen molar-refractivity contribution in [3.05, 3.63) is 29.8 Å². The lowest BCUT2D eigenvalue weighted by atomic mass is 9.68. The number of hydrogen-bond donors (Lipinski definition) is 2. The van der Waals surface area contributed by atoms with Crippen molar-refractivity contribution in [2.24, 2.45) is 17.4 Å². The Morgan fingerprint density at radius 3 is 2.38 bits per heavy atom. The van der Waals surface area contributed by atoms with Crippen molar-refractivity contribution >= 4 is 5.69 Å². The molecular formula is C18H26F3N3. The summed E-state index contributed by atoms with van der Waals surface area (Å²) in [5.74, 6) is 0.295. The van der Waals surface area contributed by atoms with E-state index in [0.717, 1.165) is 69.4 Å². The average Bonchev–Trinajstić information content (AvgIpc) is 2.57. The third-order valence-electron chi connectivity index (χ3n) is 5.81. The maximum absolute atomic E-state index is 12.7. The molecular weight excluding hydrogens is 315 g/mol. The molecule has 1 saturated carbocycles. The number of benzene rings is 1. The quantitative estimate of drug-likeness (QED) is 0.865. The molecule has 0 spiro atoms. The Hall–Kier alpha value is -1.27. The van der Waals surface area contributed by atoms with Crippen molar-refractivity contribution in [3.63, 3.8) is 0 Å². The van der Waals surface area contributed by atoms with Gasteiger partial charge in [0.25, 0.3) is 0 Å². The Kier molecular flexibility index (Phi) is 4.80. The Bertz CT molecular complexity index is 558. The van der Waals surface area contributed by atoms with Crippen LogP contribution in [0.25, 0.3) is 0 Å². The number of alkyl halides is 3. The molecule has 1 aliphatic carbocycles. The summed E-state index contributed by atoms with van der Waals surface area (Å²) in [6.07, 6.45) is 1.90. The highest BCUT2D eigenvalue weighted by Crippen LogP contribution is 2.38. The minimum Gasteiger partial charge on any atom is -0.371 e. The number of halogens is 3. The maximum Gasteiger partial charge on any atom is 0.416 e. The molecule has 1 saturated heterocycles. The summed E-state index contributed by atoms with van der Waals surface area (Å²) in [4.78, 5) is 2.16. The van der Waals surface area contributed by atoms with Crippen LogP contribution in [-0.2, 0) is 6.18 Å². The fraction of sp³-hybridized carbons (Fsp3) is 0.667. The second-order valence-electron chi connectivity index (χ2n) is 7.29. The van der Waals surface area contributed by atoms with Crippen molar-refractivity contribution < 1.29 is 13.2 Å². The molecule has 0 radical (unpaired) electrons. The third-order valence-corrected chi connectivity index (χ3v) is 5.81. The van der Waals surface area contributed by atoms with E-state index in [1.165, 1.54) is 0 Å². The molecule has 2 aliphatic rings. The van der Waals surface area contributed by atoms with Gasteiger partial charge in [0.15, 0.2) is 0 Å². The number of nitrogens with two attached hydrogens (primary N) is 2. The van der Waals surface area contributed by atoms with E-state index in [4.69, 9.17) is 11.5 Å². The van der Waals surface area contributed by atoms with Crippen LogP contribution in [0.4, 0.5) is 18.9 Å². The van der Waals surface area contributed by atoms with Crippen LogP contribution in [0, 0.1) is 5.92 Å². The van der Waals surface area contributed by atoms with E-state index in [-0.39, 0.29) is 11.6 Å². The molecule has 1 aliphatic heterocycles. The molecule has 6 heteroatoms. The van der Waals surface area contributed by atoms with Gasteiger partial charge in [-0.05, 0) is 55.9 Å². The molecule has 3 nitrogen and oxygen atoms in total. The smallest absolute Gasteiger partial charge is 0.371 e. The summed E-state index contributed by atoms with van der Waals surface area (Å²) in [5, 5.41) is 0. The van der Waals surface area contributed by atoms with E-state index < -0.39 is 11.7 Å². The molecule has 24 heavy (non-hydrogen) atoms. The van der Waals surface area contributed by atoms with Gasteiger partial charge >= 0.3 is 6.18 Å². The van der Waals surface area contributed by atoms with Crippen LogP contribution in [0.5, 0.6) is 0 Å². The summed E-state index contributed by atoms with van der Waals surface area (Å²) in [7, 11) is 0. The highest BCUT2D eigenvalue weighted by Gasteiger charge is 2.43. The SMILES string of the molecule is NC1CCCCC1(N)C1CCCN(c2ccc(C(F)(F)F)cc2)C1. The Morgan fingerprint density at radius 1 is 1.04 bits per heavy atom. The fourth-order valence-electron chi connectivity index (χ4n) is 4.27. The number of nitrogens with zero attached hydrogens (tertiary/aromatic N) is 1. The lowest BCUT2D eigenvalue weighted by Gasteiger charge is -2.49. The van der Waals surface area contributed by atoms with Crippen molar-refractivity contribution in [3.8, 4) is 0 Å². The first-order valence-corrected chi connectivity index (χ1v) is 8.77. The van der Waals surface area contributed by atoms with E-state index in [1.807, 2.05) is 0 Å². The second-order valence-corrected chi connectivity index (χ2v) is 7.29. The zero-order valence-corrected chi connectivity index (χ0v) is 13.9. The van der Waals surface area contributed by atoms with Gasteiger partial charge in [-0.25, -0.2) is 0 Å². The molecule has 1 aromatic rings. The van der Waals surface area contributed by atoms with Gasteiger partial charge in [-0.15, -0.1) is 0 Å². The second kappa shape index (κ2) is 6.56. The lowest BCUT2D eigenvalue weighted by molar-refractivity contribution is -0.137. The predicted octanol–water partition coefficient (Wildman–Crippen LogP) is 3.52. The molecule has 0 aromatic heterocycles. The van der Waals surface area contributed by atoms with E-state index in [1.54, 1.807) is 12.1 Å². The maximum atomic E-state index is 12.7. The van der Waals surface area contributed by atoms with Gasteiger partial charge < -0.3 is 16.4 Å². The summed E-state index contributed by atoms with van der Waals surface area (Å²) >= 11 is 0. The lowest BCUT2D eigenvalue weighted by Crippen LogP contribution is -2.64. The molecule has 1 heterocycles. The summed E-state index contributed by atoms with van der Waals surface area (Å²) in [5.41, 5.74) is 12.9. The number of hydrogen-bond acceptors (Lipinski definition) is 3. The number of piperidine rings is 1. The van der Waals surface area contributed by atoms with Crippen LogP contribution in [0.2, 0.25) is 0 Å². The highest BCUT2D eigenvalue weighted by atomic mass is 19.4. The molecule has 4 N–H and O–H groups in total. The minimum atomic E-state index is -4.29. The normalized spacial score (nSPS) is 32.0. The van der Waals surface area contributed by atoms with Gasteiger partial charge in [0.2, 0.25) is 0 Å². The molecule has 1 aromatic carbocycles. The van der Waals surface area contributed by atoms with Crippen LogP contribution >= 0.6 is 0 Å². The minimum absolute atomic E-state index is 0.0174. The number of rotatable bonds is 2. The van der Waals surface area contributed by atoms with E-state index >= 15 is 0 Å². The monoisotopic (exact) mass is 341 g/mol. The topological polar surface area (TPSA) is 55.3 Å². The summed E-state index contributed by atoms with van der Waals surface area (Å²) in [6, 6.07) is 5.46. The van der Waals surface area contributed by atoms with Gasteiger partial charge in [0.05, 0.1) is 5.56 Å². The zero-order chi connectivity index (χ0) is 17.4. The molecule has 0 bridgehead atoms. The fourth-order valence-corrected chi connectivity index (χ4v) is 4.27. The zero-order valence-electron chi connectivity index (χ0n) is 13.9. The standard InChI is InChI=1S/C18H26F3N3/c19-18(20,21)13-6-8-15(9-7-13)24-11-3-4-14(12-24)17(23)10-2-1-5-16(17)22/h6-9,14,16H,1-5,10-12,22-23H2. The van der Waals surface area contributed by atoms with E-state index in [2.05, 4.69) is 4.90 Å². The van der Waals surface area contributed by atoms with Crippen LogP contribution in [-0.4, -0.2) is 24.7 Å². The van der Waals surface area contributed by atoms with Crippen LogP contribution in [0.1, 0.15) is 44.1 Å². The summed E-state index contributed by atoms with van der Waals surface area (Å²) in [6.45, 7) is 1.63. The third kappa shape index (κ3) is 3.40. The van der Waals surface area contributed by atoms with Crippen molar-refractivity contribution in [1.82, 2.24) is 0 Å². The Morgan fingerprint density at radius 2 is 1.75 bits per heavy atom. The van der Waals surface area contributed by atoms with Crippen molar-refractivity contribution in [1.29, 1.82) is 0 Å². The van der Waals surface area contributed by atoms with Gasteiger partial charge in [0.1, 0.15) is 0 Å². The average molecular weight is 341 g/mol.